The van der Waals surface area contributed by atoms with Crippen LogP contribution in [0.5, 0.6) is 0 Å². The lowest BCUT2D eigenvalue weighted by molar-refractivity contribution is -0.136. The molecule has 0 spiro atoms. The summed E-state index contributed by atoms with van der Waals surface area (Å²) in [5, 5.41) is 0. The maximum absolute atomic E-state index is 11.0. The molecule has 0 saturated heterocycles. The van der Waals surface area contributed by atoms with E-state index in [1.165, 1.54) is 5.57 Å². The highest BCUT2D eigenvalue weighted by Gasteiger charge is 2.15. The SMILES string of the molecule is C/C(=C/I)CCC1=CCOC1=O. The van der Waals surface area contributed by atoms with Crippen LogP contribution in [0.25, 0.3) is 0 Å². The maximum Gasteiger partial charge on any atom is 0.334 e. The first-order chi connectivity index (χ1) is 5.74. The second-order valence-electron chi connectivity index (χ2n) is 2.78. The van der Waals surface area contributed by atoms with Crippen LogP contribution in [0, 0.1) is 0 Å². The molecule has 0 aliphatic carbocycles. The normalized spacial score (nSPS) is 17.7. The average molecular weight is 278 g/mol. The fourth-order valence-corrected chi connectivity index (χ4v) is 1.30. The first kappa shape index (κ1) is 9.77. The largest absolute Gasteiger partial charge is 0.458 e. The molecular formula is C9H11IO2. The van der Waals surface area contributed by atoms with Crippen LogP contribution in [-0.4, -0.2) is 12.6 Å². The van der Waals surface area contributed by atoms with Crippen molar-refractivity contribution in [2.75, 3.05) is 6.61 Å². The Morgan fingerprint density at radius 3 is 3.08 bits per heavy atom. The van der Waals surface area contributed by atoms with Crippen LogP contribution < -0.4 is 0 Å². The molecule has 66 valence electrons. The van der Waals surface area contributed by atoms with Crippen LogP contribution in [0.1, 0.15) is 19.8 Å². The summed E-state index contributed by atoms with van der Waals surface area (Å²) >= 11 is 2.21. The Morgan fingerprint density at radius 2 is 2.58 bits per heavy atom. The summed E-state index contributed by atoms with van der Waals surface area (Å²) in [4.78, 5) is 11.0. The summed E-state index contributed by atoms with van der Waals surface area (Å²) in [6.45, 7) is 2.52. The number of halogens is 1. The van der Waals surface area contributed by atoms with Gasteiger partial charge in [0.15, 0.2) is 0 Å². The van der Waals surface area contributed by atoms with Gasteiger partial charge in [-0.3, -0.25) is 0 Å². The molecule has 1 aliphatic rings. The predicted octanol–water partition coefficient (Wildman–Crippen LogP) is 2.59. The van der Waals surface area contributed by atoms with E-state index < -0.39 is 0 Å². The molecular weight excluding hydrogens is 267 g/mol. The van der Waals surface area contributed by atoms with E-state index in [0.29, 0.717) is 6.61 Å². The number of ether oxygens (including phenoxy) is 1. The molecule has 2 nitrogen and oxygen atoms in total. The van der Waals surface area contributed by atoms with E-state index in [-0.39, 0.29) is 5.97 Å². The number of esters is 1. The van der Waals surface area contributed by atoms with Gasteiger partial charge in [0, 0.05) is 5.57 Å². The average Bonchev–Trinajstić information content (AvgIpc) is 2.47. The van der Waals surface area contributed by atoms with Crippen molar-refractivity contribution in [3.05, 3.63) is 21.3 Å². The molecule has 0 aromatic carbocycles. The lowest BCUT2D eigenvalue weighted by Crippen LogP contribution is -1.99. The monoisotopic (exact) mass is 278 g/mol. The maximum atomic E-state index is 11.0. The number of carbonyl (C=O) groups is 1. The van der Waals surface area contributed by atoms with Gasteiger partial charge in [-0.2, -0.15) is 0 Å². The van der Waals surface area contributed by atoms with Gasteiger partial charge in [0.2, 0.25) is 0 Å². The summed E-state index contributed by atoms with van der Waals surface area (Å²) in [5.41, 5.74) is 2.13. The molecule has 0 unspecified atom stereocenters. The molecule has 0 aromatic rings. The summed E-state index contributed by atoms with van der Waals surface area (Å²) in [6, 6.07) is 0. The van der Waals surface area contributed by atoms with Crippen LogP contribution in [0.4, 0.5) is 0 Å². The molecule has 1 rings (SSSR count). The number of hydrogen-bond acceptors (Lipinski definition) is 2. The molecule has 0 N–H and O–H groups in total. The highest BCUT2D eigenvalue weighted by Crippen LogP contribution is 2.17. The second-order valence-corrected chi connectivity index (χ2v) is 3.41. The van der Waals surface area contributed by atoms with Crippen molar-refractivity contribution in [2.24, 2.45) is 0 Å². The van der Waals surface area contributed by atoms with Crippen LogP contribution in [0.15, 0.2) is 21.3 Å². The Labute approximate surface area is 85.8 Å². The second kappa shape index (κ2) is 4.64. The summed E-state index contributed by atoms with van der Waals surface area (Å²) in [6.07, 6.45) is 3.62. The van der Waals surface area contributed by atoms with Gasteiger partial charge < -0.3 is 4.74 Å². The van der Waals surface area contributed by atoms with Crippen molar-refractivity contribution < 1.29 is 9.53 Å². The molecule has 0 saturated carbocycles. The zero-order valence-corrected chi connectivity index (χ0v) is 9.13. The molecule has 0 radical (unpaired) electrons. The topological polar surface area (TPSA) is 26.3 Å². The summed E-state index contributed by atoms with van der Waals surface area (Å²) in [7, 11) is 0. The fourth-order valence-electron chi connectivity index (χ4n) is 0.984. The lowest BCUT2D eigenvalue weighted by Gasteiger charge is -1.98. The number of cyclic esters (lactones) is 1. The third-order valence-corrected chi connectivity index (χ3v) is 2.84. The first-order valence-corrected chi connectivity index (χ1v) is 5.10. The smallest absolute Gasteiger partial charge is 0.334 e. The van der Waals surface area contributed by atoms with Crippen molar-refractivity contribution in [1.29, 1.82) is 0 Å². The van der Waals surface area contributed by atoms with Crippen molar-refractivity contribution in [1.82, 2.24) is 0 Å². The van der Waals surface area contributed by atoms with Gasteiger partial charge in [-0.1, -0.05) is 28.2 Å². The van der Waals surface area contributed by atoms with E-state index in [0.717, 1.165) is 18.4 Å². The van der Waals surface area contributed by atoms with Gasteiger partial charge in [-0.25, -0.2) is 4.79 Å². The number of carbonyl (C=O) groups excluding carboxylic acids is 1. The zero-order valence-electron chi connectivity index (χ0n) is 6.97. The number of rotatable bonds is 3. The minimum atomic E-state index is -0.142. The summed E-state index contributed by atoms with van der Waals surface area (Å²) < 4.78 is 6.82. The van der Waals surface area contributed by atoms with Crippen LogP contribution in [0.3, 0.4) is 0 Å². The Bertz CT molecular complexity index is 241. The predicted molar refractivity (Wildman–Crippen MR) is 56.1 cm³/mol. The van der Waals surface area contributed by atoms with E-state index in [9.17, 15) is 4.79 Å². The molecule has 0 aromatic heterocycles. The molecule has 12 heavy (non-hydrogen) atoms. The van der Waals surface area contributed by atoms with Crippen molar-refractivity contribution >= 4 is 28.6 Å². The van der Waals surface area contributed by atoms with Crippen LogP contribution >= 0.6 is 22.6 Å². The third kappa shape index (κ3) is 2.62. The molecule has 0 bridgehead atoms. The Kier molecular flexibility index (Phi) is 3.78. The van der Waals surface area contributed by atoms with Gasteiger partial charge in [0.25, 0.3) is 0 Å². The molecule has 1 aliphatic heterocycles. The van der Waals surface area contributed by atoms with E-state index in [2.05, 4.69) is 29.5 Å². The Hall–Kier alpha value is -0.320. The fraction of sp³-hybridized carbons (Fsp3) is 0.444. The minimum absolute atomic E-state index is 0.142. The third-order valence-electron chi connectivity index (χ3n) is 1.78. The number of hydrogen-bond donors (Lipinski definition) is 0. The highest BCUT2D eigenvalue weighted by atomic mass is 127. The molecule has 0 atom stereocenters. The van der Waals surface area contributed by atoms with Crippen molar-refractivity contribution in [2.45, 2.75) is 19.8 Å². The minimum Gasteiger partial charge on any atom is -0.458 e. The molecule has 0 fully saturated rings. The van der Waals surface area contributed by atoms with Gasteiger partial charge in [0.05, 0.1) is 0 Å². The molecule has 3 heteroatoms. The first-order valence-electron chi connectivity index (χ1n) is 3.86. The number of allylic oxidation sites excluding steroid dienone is 1. The standard InChI is InChI=1S/C9H11IO2/c1-7(6-10)2-3-8-4-5-12-9(8)11/h4,6H,2-3,5H2,1H3/b7-6-. The highest BCUT2D eigenvalue weighted by molar-refractivity contribution is 14.1. The van der Waals surface area contributed by atoms with Gasteiger partial charge >= 0.3 is 5.97 Å². The lowest BCUT2D eigenvalue weighted by atomic mass is 10.1. The Balaban J connectivity index is 2.37. The Morgan fingerprint density at radius 1 is 1.83 bits per heavy atom. The van der Waals surface area contributed by atoms with E-state index >= 15 is 0 Å². The van der Waals surface area contributed by atoms with E-state index in [1.54, 1.807) is 0 Å². The van der Waals surface area contributed by atoms with Gasteiger partial charge in [-0.05, 0) is 29.9 Å². The van der Waals surface area contributed by atoms with Crippen molar-refractivity contribution in [3.8, 4) is 0 Å². The van der Waals surface area contributed by atoms with Gasteiger partial charge in [0.1, 0.15) is 6.61 Å². The van der Waals surface area contributed by atoms with Crippen molar-refractivity contribution in [3.63, 3.8) is 0 Å². The van der Waals surface area contributed by atoms with Crippen LogP contribution in [0.2, 0.25) is 0 Å². The zero-order chi connectivity index (χ0) is 8.97. The summed E-state index contributed by atoms with van der Waals surface area (Å²) in [5.74, 6) is -0.142. The molecule has 0 amide bonds. The van der Waals surface area contributed by atoms with E-state index in [1.807, 2.05) is 10.2 Å². The van der Waals surface area contributed by atoms with E-state index in [4.69, 9.17) is 4.74 Å². The quantitative estimate of drug-likeness (QED) is 0.586. The molecule has 1 heterocycles. The van der Waals surface area contributed by atoms with Crippen LogP contribution in [-0.2, 0) is 9.53 Å². The van der Waals surface area contributed by atoms with Gasteiger partial charge in [-0.15, -0.1) is 0 Å².